The lowest BCUT2D eigenvalue weighted by atomic mass is 9.85. The van der Waals surface area contributed by atoms with E-state index in [1.165, 1.54) is 0 Å². The van der Waals surface area contributed by atoms with Crippen molar-refractivity contribution in [3.8, 4) is 0 Å². The quantitative estimate of drug-likeness (QED) is 0.459. The molecule has 2 aliphatic rings. The zero-order chi connectivity index (χ0) is 12.0. The number of nitrogens with one attached hydrogen (secondary N) is 1. The molecule has 1 aliphatic heterocycles. The van der Waals surface area contributed by atoms with Gasteiger partial charge in [0.05, 0.1) is 5.92 Å². The fourth-order valence-electron chi connectivity index (χ4n) is 2.05. The minimum absolute atomic E-state index is 0.281. The van der Waals surface area contributed by atoms with Gasteiger partial charge in [0.1, 0.15) is 4.75 Å². The van der Waals surface area contributed by atoms with E-state index in [9.17, 15) is 9.59 Å². The zero-order valence-corrected chi connectivity index (χ0v) is 11.1. The van der Waals surface area contributed by atoms with Crippen molar-refractivity contribution in [2.75, 3.05) is 0 Å². The summed E-state index contributed by atoms with van der Waals surface area (Å²) in [7, 11) is 0. The molecule has 3 nitrogen and oxygen atoms in total. The Morgan fingerprint density at radius 3 is 2.75 bits per heavy atom. The average molecular weight is 301 g/mol. The van der Waals surface area contributed by atoms with Gasteiger partial charge in [-0.25, -0.2) is 0 Å². The minimum atomic E-state index is -1.62. The van der Waals surface area contributed by atoms with Crippen molar-refractivity contribution in [3.63, 3.8) is 0 Å². The number of rotatable bonds is 1. The van der Waals surface area contributed by atoms with Crippen LogP contribution in [0.3, 0.4) is 0 Å². The van der Waals surface area contributed by atoms with E-state index in [-0.39, 0.29) is 5.91 Å². The van der Waals surface area contributed by atoms with E-state index in [1.807, 2.05) is 6.08 Å². The summed E-state index contributed by atoms with van der Waals surface area (Å²) in [5, 5.41) is 2.30. The standard InChI is InChI=1S/C9H8Cl3NO2S/c10-9(11,12)16-8-4-2-1-3-5(8)6(14)13-7(8)15/h2,4-5H,1,3H2,(H,13,14,15). The molecule has 1 saturated heterocycles. The molecule has 1 fully saturated rings. The van der Waals surface area contributed by atoms with E-state index in [4.69, 9.17) is 34.8 Å². The topological polar surface area (TPSA) is 46.2 Å². The molecule has 2 rings (SSSR count). The van der Waals surface area contributed by atoms with Crippen molar-refractivity contribution in [2.45, 2.75) is 20.7 Å². The van der Waals surface area contributed by atoms with Gasteiger partial charge in [-0.05, 0) is 12.8 Å². The Balaban J connectivity index is 2.39. The van der Waals surface area contributed by atoms with E-state index < -0.39 is 19.7 Å². The first-order valence-corrected chi connectivity index (χ1v) is 6.60. The maximum absolute atomic E-state index is 11.8. The molecule has 0 aromatic carbocycles. The highest BCUT2D eigenvalue weighted by atomic mass is 35.6. The van der Waals surface area contributed by atoms with Gasteiger partial charge in [-0.2, -0.15) is 0 Å². The van der Waals surface area contributed by atoms with Crippen LogP contribution in [0.5, 0.6) is 0 Å². The number of carbonyl (C=O) groups excluding carboxylic acids is 2. The second kappa shape index (κ2) is 4.09. The Kier molecular flexibility index (Phi) is 3.21. The number of imide groups is 1. The number of thioether (sulfide) groups is 1. The Morgan fingerprint density at radius 1 is 1.44 bits per heavy atom. The largest absolute Gasteiger partial charge is 0.295 e. The normalized spacial score (nSPS) is 33.8. The van der Waals surface area contributed by atoms with Crippen LogP contribution in [-0.4, -0.2) is 19.7 Å². The lowest BCUT2D eigenvalue weighted by molar-refractivity contribution is -0.125. The third-order valence-electron chi connectivity index (χ3n) is 2.70. The molecule has 16 heavy (non-hydrogen) atoms. The third-order valence-corrected chi connectivity index (χ3v) is 4.57. The number of hydrogen-bond donors (Lipinski definition) is 1. The number of hydrogen-bond acceptors (Lipinski definition) is 3. The monoisotopic (exact) mass is 299 g/mol. The van der Waals surface area contributed by atoms with Crippen LogP contribution in [0.1, 0.15) is 12.8 Å². The van der Waals surface area contributed by atoms with Gasteiger partial charge in [-0.3, -0.25) is 14.9 Å². The number of amides is 2. The average Bonchev–Trinajstić information content (AvgIpc) is 2.37. The van der Waals surface area contributed by atoms with E-state index >= 15 is 0 Å². The predicted molar refractivity (Wildman–Crippen MR) is 65.6 cm³/mol. The Bertz CT molecular complexity index is 379. The summed E-state index contributed by atoms with van der Waals surface area (Å²) in [6.45, 7) is 0. The molecule has 7 heteroatoms. The number of alkyl halides is 3. The van der Waals surface area contributed by atoms with Crippen molar-refractivity contribution in [2.24, 2.45) is 5.92 Å². The fourth-order valence-corrected chi connectivity index (χ4v) is 4.26. The predicted octanol–water partition coefficient (Wildman–Crippen LogP) is 2.41. The van der Waals surface area contributed by atoms with Crippen LogP contribution in [-0.2, 0) is 9.59 Å². The van der Waals surface area contributed by atoms with Crippen LogP contribution < -0.4 is 5.32 Å². The van der Waals surface area contributed by atoms with Gasteiger partial charge in [0.25, 0.3) is 0 Å². The second-order valence-electron chi connectivity index (χ2n) is 3.69. The van der Waals surface area contributed by atoms with Gasteiger partial charge < -0.3 is 0 Å². The first-order chi connectivity index (χ1) is 7.35. The van der Waals surface area contributed by atoms with E-state index in [0.717, 1.165) is 18.2 Å². The maximum Gasteiger partial charge on any atom is 0.247 e. The highest BCUT2D eigenvalue weighted by molar-refractivity contribution is 8.06. The van der Waals surface area contributed by atoms with Gasteiger partial charge in [-0.1, -0.05) is 58.7 Å². The van der Waals surface area contributed by atoms with Crippen molar-refractivity contribution < 1.29 is 9.59 Å². The first-order valence-electron chi connectivity index (χ1n) is 4.65. The molecule has 0 aromatic heterocycles. The van der Waals surface area contributed by atoms with Crippen LogP contribution in [0.2, 0.25) is 0 Å². The summed E-state index contributed by atoms with van der Waals surface area (Å²) in [6, 6.07) is 0. The van der Waals surface area contributed by atoms with Crippen molar-refractivity contribution in [3.05, 3.63) is 12.2 Å². The summed E-state index contributed by atoms with van der Waals surface area (Å²) in [4.78, 5) is 23.4. The Labute approximate surface area is 112 Å². The first kappa shape index (κ1) is 12.6. The number of carbonyl (C=O) groups is 2. The Morgan fingerprint density at radius 2 is 2.12 bits per heavy atom. The lowest BCUT2D eigenvalue weighted by Gasteiger charge is -2.32. The summed E-state index contributed by atoms with van der Waals surface area (Å²) in [5.41, 5.74) is 0. The summed E-state index contributed by atoms with van der Waals surface area (Å²) >= 11 is 18.0. The van der Waals surface area contributed by atoms with Crippen LogP contribution in [0.15, 0.2) is 12.2 Å². The molecule has 1 heterocycles. The van der Waals surface area contributed by atoms with Gasteiger partial charge in [0.2, 0.25) is 14.9 Å². The van der Waals surface area contributed by atoms with Gasteiger partial charge in [-0.15, -0.1) is 0 Å². The molecular weight excluding hydrogens is 293 g/mol. The van der Waals surface area contributed by atoms with Crippen LogP contribution in [0.25, 0.3) is 0 Å². The Hall–Kier alpha value is 0.1000. The van der Waals surface area contributed by atoms with E-state index in [2.05, 4.69) is 5.32 Å². The highest BCUT2D eigenvalue weighted by Crippen LogP contribution is 2.53. The minimum Gasteiger partial charge on any atom is -0.295 e. The van der Waals surface area contributed by atoms with Gasteiger partial charge >= 0.3 is 0 Å². The lowest BCUT2D eigenvalue weighted by Crippen LogP contribution is -2.40. The summed E-state index contributed by atoms with van der Waals surface area (Å²) in [6.07, 6.45) is 4.88. The van der Waals surface area contributed by atoms with Crippen LogP contribution >= 0.6 is 46.6 Å². The van der Waals surface area contributed by atoms with E-state index in [0.29, 0.717) is 6.42 Å². The number of halogens is 3. The summed E-state index contributed by atoms with van der Waals surface area (Å²) < 4.78 is -2.68. The molecule has 0 bridgehead atoms. The van der Waals surface area contributed by atoms with Crippen LogP contribution in [0.4, 0.5) is 0 Å². The van der Waals surface area contributed by atoms with Gasteiger partial charge in [0, 0.05) is 0 Å². The second-order valence-corrected chi connectivity index (χ2v) is 8.14. The summed E-state index contributed by atoms with van der Waals surface area (Å²) in [5.74, 6) is -1.11. The van der Waals surface area contributed by atoms with Gasteiger partial charge in [0.15, 0.2) is 0 Å². The molecule has 0 aromatic rings. The molecule has 1 aliphatic carbocycles. The highest BCUT2D eigenvalue weighted by Gasteiger charge is 2.57. The smallest absolute Gasteiger partial charge is 0.247 e. The number of allylic oxidation sites excluding steroid dienone is 1. The molecular formula is C9H8Cl3NO2S. The molecule has 0 spiro atoms. The zero-order valence-electron chi connectivity index (χ0n) is 8.00. The number of fused-ring (bicyclic) bond motifs is 1. The van der Waals surface area contributed by atoms with Crippen molar-refractivity contribution >= 4 is 58.4 Å². The van der Waals surface area contributed by atoms with Crippen molar-refractivity contribution in [1.82, 2.24) is 5.32 Å². The van der Waals surface area contributed by atoms with Crippen molar-refractivity contribution in [1.29, 1.82) is 0 Å². The van der Waals surface area contributed by atoms with E-state index in [1.54, 1.807) is 6.08 Å². The SMILES string of the molecule is O=C1NC(=O)C2(SC(Cl)(Cl)Cl)C=CCCC12. The maximum atomic E-state index is 11.8. The molecule has 88 valence electrons. The molecule has 2 unspecified atom stereocenters. The third kappa shape index (κ3) is 2.08. The molecule has 0 saturated carbocycles. The molecule has 2 atom stereocenters. The molecule has 1 N–H and O–H groups in total. The molecule has 0 radical (unpaired) electrons. The van der Waals surface area contributed by atoms with Crippen LogP contribution in [0, 0.1) is 5.92 Å². The molecule has 2 amide bonds. The fraction of sp³-hybridized carbons (Fsp3) is 0.556.